The van der Waals surface area contributed by atoms with Crippen LogP contribution in [0, 0.1) is 41.7 Å². The second-order valence-electron chi connectivity index (χ2n) is 0. The third-order valence-corrected chi connectivity index (χ3v) is 0. The van der Waals surface area contributed by atoms with Gasteiger partial charge in [-0.3, -0.25) is 0 Å². The van der Waals surface area contributed by atoms with Gasteiger partial charge in [-0.25, -0.2) is 0 Å². The predicted octanol–water partition coefficient (Wildman–Crippen LogP) is -14.8. The predicted molar refractivity (Wildman–Crippen MR) is 25.3 cm³/mol. The van der Waals surface area contributed by atoms with Crippen molar-refractivity contribution in [2.45, 2.75) is 0 Å². The van der Waals surface area contributed by atoms with Gasteiger partial charge in [0.05, 0.1) is 0 Å². The van der Waals surface area contributed by atoms with Crippen LogP contribution in [0.2, 0.25) is 0 Å². The second kappa shape index (κ2) is 259. The molecule has 0 fully saturated rings. The van der Waals surface area contributed by atoms with Crippen LogP contribution < -0.4 is 50.9 Å². The van der Waals surface area contributed by atoms with E-state index in [1.165, 1.54) is 0 Å². The van der Waals surface area contributed by atoms with E-state index in [-0.39, 0.29) is 131 Å². The molecule has 0 bridgehead atoms. The molecule has 0 aliphatic heterocycles. The molecule has 0 aliphatic carbocycles. The molecule has 0 saturated carbocycles. The van der Waals surface area contributed by atoms with Crippen molar-refractivity contribution in [3.8, 4) is 0 Å². The Morgan fingerprint density at radius 1 is 0.273 bits per heavy atom. The van der Waals surface area contributed by atoms with E-state index in [4.69, 9.17) is 0 Å². The summed E-state index contributed by atoms with van der Waals surface area (Å²) in [6, 6.07) is 0. The largest absolute Gasteiger partial charge is 3.00 e. The Morgan fingerprint density at radius 3 is 0.273 bits per heavy atom. The smallest absolute Gasteiger partial charge is 1.00 e. The zero-order chi connectivity index (χ0) is 0. The first-order valence-corrected chi connectivity index (χ1v) is 0. The number of hydrogen-bond donors (Lipinski definition) is 0. The van der Waals surface area contributed by atoms with Gasteiger partial charge in [-0.15, -0.1) is 0 Å². The molecule has 0 spiro atoms. The van der Waals surface area contributed by atoms with Crippen molar-refractivity contribution in [1.82, 2.24) is 0 Å². The molecular weight excluding hydrogens is 492 g/mol. The second-order valence-corrected chi connectivity index (χ2v) is 0. The van der Waals surface area contributed by atoms with Gasteiger partial charge in [0.2, 0.25) is 0 Å². The normalized spacial score (nSPS) is 0. The standard InChI is InChI=1S/3BrH.Ce.7H2O/h3*1H;;7*1H2/q;;;+3;;;;;;;/p-3. The van der Waals surface area contributed by atoms with Crippen LogP contribution in [0.15, 0.2) is 0 Å². The van der Waals surface area contributed by atoms with Crippen molar-refractivity contribution in [1.29, 1.82) is 0 Å². The molecule has 0 aromatic heterocycles. The zero-order valence-corrected chi connectivity index (χ0v) is 13.0. The third kappa shape index (κ3) is 216. The van der Waals surface area contributed by atoms with Gasteiger partial charge in [0.25, 0.3) is 0 Å². The zero-order valence-electron chi connectivity index (χ0n) is 5.13. The molecule has 0 heterocycles. The van der Waals surface area contributed by atoms with E-state index in [9.17, 15) is 0 Å². The van der Waals surface area contributed by atoms with Gasteiger partial charge in [-0.2, -0.15) is 0 Å². The molecule has 0 saturated heterocycles. The molecule has 7 nitrogen and oxygen atoms in total. The summed E-state index contributed by atoms with van der Waals surface area (Å²) in [6.07, 6.45) is 0. The first-order chi connectivity index (χ1) is 0. The Hall–Kier alpha value is 2.54. The topological polar surface area (TPSA) is 220 Å². The van der Waals surface area contributed by atoms with Crippen molar-refractivity contribution in [2.24, 2.45) is 0 Å². The van der Waals surface area contributed by atoms with E-state index in [1.807, 2.05) is 0 Å². The van der Waals surface area contributed by atoms with Crippen LogP contribution in [-0.4, -0.2) is 38.3 Å². The Morgan fingerprint density at radius 2 is 0.273 bits per heavy atom. The fourth-order valence-corrected chi connectivity index (χ4v) is 0. The number of halogens is 3. The molecule has 11 heteroatoms. The summed E-state index contributed by atoms with van der Waals surface area (Å²) in [7, 11) is 0. The monoisotopic (exact) mass is 503 g/mol. The molecular formula is H14Br3CeO7. The number of rotatable bonds is 0. The van der Waals surface area contributed by atoms with E-state index in [2.05, 4.69) is 0 Å². The summed E-state index contributed by atoms with van der Waals surface area (Å²) in [5.41, 5.74) is 0. The fraction of sp³-hybridized carbons (Fsp3) is 0. The molecule has 0 aromatic rings. The van der Waals surface area contributed by atoms with Gasteiger partial charge in [-0.05, 0) is 0 Å². The summed E-state index contributed by atoms with van der Waals surface area (Å²) in [6.45, 7) is 0. The van der Waals surface area contributed by atoms with Crippen LogP contribution in [0.1, 0.15) is 0 Å². The molecule has 0 aliphatic rings. The first kappa shape index (κ1) is 331. The maximum absolute atomic E-state index is 0. The molecule has 0 aromatic carbocycles. The Labute approximate surface area is 129 Å². The minimum Gasteiger partial charge on any atom is -1.00 e. The quantitative estimate of drug-likeness (QED) is 0.299. The van der Waals surface area contributed by atoms with Gasteiger partial charge >= 0.3 is 41.7 Å². The first-order valence-electron chi connectivity index (χ1n) is 0. The van der Waals surface area contributed by atoms with Gasteiger partial charge in [0.15, 0.2) is 0 Å². The van der Waals surface area contributed by atoms with Crippen LogP contribution in [0.25, 0.3) is 0 Å². The summed E-state index contributed by atoms with van der Waals surface area (Å²) in [5, 5.41) is 0. The van der Waals surface area contributed by atoms with Gasteiger partial charge in [-0.1, -0.05) is 0 Å². The molecule has 11 heavy (non-hydrogen) atoms. The minimum absolute atomic E-state index is 0. The maximum atomic E-state index is 0. The van der Waals surface area contributed by atoms with Crippen molar-refractivity contribution in [3.05, 3.63) is 0 Å². The SMILES string of the molecule is O.O.O.O.O.O.O.[Br-].[Br-].[Br-].[Ce+3]. The average molecular weight is 506 g/mol. The minimum atomic E-state index is 0. The number of hydrogen-bond acceptors (Lipinski definition) is 0. The molecule has 0 unspecified atom stereocenters. The Bertz CT molecular complexity index is 13.6. The third-order valence-electron chi connectivity index (χ3n) is 0. The maximum Gasteiger partial charge on any atom is 3.00 e. The van der Waals surface area contributed by atoms with Crippen molar-refractivity contribution in [3.63, 3.8) is 0 Å². The van der Waals surface area contributed by atoms with E-state index < -0.39 is 0 Å². The van der Waals surface area contributed by atoms with Gasteiger partial charge in [0.1, 0.15) is 0 Å². The van der Waals surface area contributed by atoms with E-state index in [1.54, 1.807) is 0 Å². The van der Waals surface area contributed by atoms with Gasteiger partial charge < -0.3 is 89.3 Å². The summed E-state index contributed by atoms with van der Waals surface area (Å²) < 4.78 is 0. The summed E-state index contributed by atoms with van der Waals surface area (Å²) in [5.74, 6) is 0. The van der Waals surface area contributed by atoms with Crippen LogP contribution >= 0.6 is 0 Å². The van der Waals surface area contributed by atoms with Crippen molar-refractivity contribution < 1.29 is 131 Å². The van der Waals surface area contributed by atoms with E-state index in [0.29, 0.717) is 0 Å². The van der Waals surface area contributed by atoms with E-state index >= 15 is 0 Å². The molecule has 1 radical (unpaired) electrons. The van der Waals surface area contributed by atoms with Crippen molar-refractivity contribution >= 4 is 0 Å². The summed E-state index contributed by atoms with van der Waals surface area (Å²) in [4.78, 5) is 0. The molecule has 0 atom stereocenters. The molecule has 0 rings (SSSR count). The summed E-state index contributed by atoms with van der Waals surface area (Å²) >= 11 is 0. The molecule has 0 amide bonds. The molecule has 81 valence electrons. The molecule has 14 N–H and O–H groups in total. The van der Waals surface area contributed by atoms with Crippen LogP contribution in [-0.2, 0) is 0 Å². The van der Waals surface area contributed by atoms with Crippen LogP contribution in [0.4, 0.5) is 0 Å². The fourth-order valence-electron chi connectivity index (χ4n) is 0. The Balaban J connectivity index is 0. The van der Waals surface area contributed by atoms with Crippen LogP contribution in [0.3, 0.4) is 0 Å². The van der Waals surface area contributed by atoms with Gasteiger partial charge in [0, 0.05) is 0 Å². The van der Waals surface area contributed by atoms with E-state index in [0.717, 1.165) is 0 Å². The van der Waals surface area contributed by atoms with Crippen LogP contribution in [0.5, 0.6) is 0 Å². The van der Waals surface area contributed by atoms with Crippen molar-refractivity contribution in [2.75, 3.05) is 0 Å². The Kier molecular flexibility index (Phi) is 7790. The average Bonchev–Trinajstić information content (AvgIpc) is 0.